The van der Waals surface area contributed by atoms with Crippen LogP contribution in [-0.2, 0) is 9.53 Å². The van der Waals surface area contributed by atoms with Gasteiger partial charge in [0.15, 0.2) is 5.78 Å². The monoisotopic (exact) mass is 259 g/mol. The number of Topliss-reactive ketones (excluding diaryl/α,β-unsaturated/α-hetero) is 1. The van der Waals surface area contributed by atoms with Crippen LogP contribution in [0.2, 0.25) is 0 Å². The van der Waals surface area contributed by atoms with Crippen LogP contribution >= 0.6 is 0 Å². The molecule has 1 aromatic carbocycles. The zero-order chi connectivity index (χ0) is 13.3. The maximum atomic E-state index is 12.5. The summed E-state index contributed by atoms with van der Waals surface area (Å²) in [6.07, 6.45) is 5.13. The van der Waals surface area contributed by atoms with Gasteiger partial charge in [-0.2, -0.15) is 0 Å². The van der Waals surface area contributed by atoms with E-state index < -0.39 is 6.04 Å². The number of hydrogen-bond donors (Lipinski definition) is 1. The molecule has 3 nitrogen and oxygen atoms in total. The summed E-state index contributed by atoms with van der Waals surface area (Å²) in [4.78, 5) is 12.5. The van der Waals surface area contributed by atoms with Gasteiger partial charge in [0.25, 0.3) is 0 Å². The van der Waals surface area contributed by atoms with Crippen molar-refractivity contribution < 1.29 is 9.53 Å². The smallest absolute Gasteiger partial charge is 0.157 e. The molecule has 2 aliphatic rings. The van der Waals surface area contributed by atoms with Crippen molar-refractivity contribution in [1.29, 1.82) is 0 Å². The highest BCUT2D eigenvalue weighted by Crippen LogP contribution is 2.45. The van der Waals surface area contributed by atoms with Crippen molar-refractivity contribution in [2.45, 2.75) is 43.7 Å². The molecule has 0 radical (unpaired) electrons. The molecule has 2 fully saturated rings. The van der Waals surface area contributed by atoms with Gasteiger partial charge >= 0.3 is 0 Å². The summed E-state index contributed by atoms with van der Waals surface area (Å²) in [5.41, 5.74) is 7.05. The van der Waals surface area contributed by atoms with Crippen molar-refractivity contribution in [3.05, 3.63) is 35.9 Å². The van der Waals surface area contributed by atoms with Crippen molar-refractivity contribution >= 4 is 5.78 Å². The van der Waals surface area contributed by atoms with Gasteiger partial charge < -0.3 is 10.5 Å². The van der Waals surface area contributed by atoms with E-state index >= 15 is 0 Å². The first-order valence-corrected chi connectivity index (χ1v) is 7.18. The number of carbonyl (C=O) groups excluding carboxylic acids is 1. The zero-order valence-corrected chi connectivity index (χ0v) is 11.2. The maximum absolute atomic E-state index is 12.5. The van der Waals surface area contributed by atoms with Crippen LogP contribution in [-0.4, -0.2) is 18.0 Å². The van der Waals surface area contributed by atoms with Gasteiger partial charge in [0.05, 0.1) is 11.6 Å². The largest absolute Gasteiger partial charge is 0.375 e. The van der Waals surface area contributed by atoms with Gasteiger partial charge in [-0.3, -0.25) is 4.79 Å². The SMILES string of the molecule is NC(C(=O)C1CCOC2(CCC2)C1)c1ccccc1. The van der Waals surface area contributed by atoms with Gasteiger partial charge in [-0.15, -0.1) is 0 Å². The molecule has 102 valence electrons. The summed E-state index contributed by atoms with van der Waals surface area (Å²) in [6.45, 7) is 0.706. The van der Waals surface area contributed by atoms with E-state index in [1.807, 2.05) is 30.3 Å². The molecule has 1 aliphatic carbocycles. The first kappa shape index (κ1) is 12.8. The molecule has 0 bridgehead atoms. The standard InChI is InChI=1S/C16H21NO2/c17-14(12-5-2-1-3-6-12)15(18)13-7-10-19-16(11-13)8-4-9-16/h1-3,5-6,13-14H,4,7-11,17H2. The van der Waals surface area contributed by atoms with Crippen molar-refractivity contribution in [3.8, 4) is 0 Å². The molecule has 1 aromatic rings. The number of hydrogen-bond acceptors (Lipinski definition) is 3. The van der Waals surface area contributed by atoms with Crippen molar-refractivity contribution in [2.24, 2.45) is 11.7 Å². The third-order valence-electron chi connectivity index (χ3n) is 4.63. The first-order valence-electron chi connectivity index (χ1n) is 7.18. The Balaban J connectivity index is 1.69. The van der Waals surface area contributed by atoms with Crippen LogP contribution in [0.4, 0.5) is 0 Å². The zero-order valence-electron chi connectivity index (χ0n) is 11.2. The topological polar surface area (TPSA) is 52.3 Å². The second-order valence-electron chi connectivity index (χ2n) is 5.87. The molecule has 2 unspecified atom stereocenters. The Hall–Kier alpha value is -1.19. The quantitative estimate of drug-likeness (QED) is 0.907. The van der Waals surface area contributed by atoms with E-state index in [-0.39, 0.29) is 17.3 Å². The molecule has 1 saturated heterocycles. The number of carbonyl (C=O) groups is 1. The molecule has 1 heterocycles. The second-order valence-corrected chi connectivity index (χ2v) is 5.87. The third kappa shape index (κ3) is 2.45. The van der Waals surface area contributed by atoms with Gasteiger partial charge in [0.1, 0.15) is 0 Å². The average Bonchev–Trinajstić information content (AvgIpc) is 2.45. The summed E-state index contributed by atoms with van der Waals surface area (Å²) >= 11 is 0. The molecule has 0 aromatic heterocycles. The lowest BCUT2D eigenvalue weighted by molar-refractivity contribution is -0.156. The first-order chi connectivity index (χ1) is 9.20. The molecule has 1 aliphatic heterocycles. The predicted molar refractivity (Wildman–Crippen MR) is 73.6 cm³/mol. The molecule has 3 heteroatoms. The summed E-state index contributed by atoms with van der Waals surface area (Å²) in [5, 5.41) is 0. The highest BCUT2D eigenvalue weighted by atomic mass is 16.5. The number of rotatable bonds is 3. The van der Waals surface area contributed by atoms with Crippen molar-refractivity contribution in [2.75, 3.05) is 6.61 Å². The Morgan fingerprint density at radius 3 is 2.68 bits per heavy atom. The summed E-state index contributed by atoms with van der Waals surface area (Å²) in [5.74, 6) is 0.255. The van der Waals surface area contributed by atoms with E-state index in [4.69, 9.17) is 10.5 Å². The number of ether oxygens (including phenoxy) is 1. The summed E-state index contributed by atoms with van der Waals surface area (Å²) in [6, 6.07) is 9.18. The molecular formula is C16H21NO2. The molecule has 3 rings (SSSR count). The molecule has 2 N–H and O–H groups in total. The Kier molecular flexibility index (Phi) is 3.42. The summed E-state index contributed by atoms with van der Waals surface area (Å²) < 4.78 is 5.87. The lowest BCUT2D eigenvalue weighted by Crippen LogP contribution is -2.48. The minimum atomic E-state index is -0.485. The highest BCUT2D eigenvalue weighted by Gasteiger charge is 2.44. The Morgan fingerprint density at radius 2 is 2.05 bits per heavy atom. The average molecular weight is 259 g/mol. The van der Waals surface area contributed by atoms with E-state index in [2.05, 4.69) is 0 Å². The lowest BCUT2D eigenvalue weighted by atomic mass is 9.70. The summed E-state index contributed by atoms with van der Waals surface area (Å²) in [7, 11) is 0. The van der Waals surface area contributed by atoms with Crippen LogP contribution in [0.25, 0.3) is 0 Å². The second kappa shape index (κ2) is 5.06. The van der Waals surface area contributed by atoms with Crippen LogP contribution in [0.15, 0.2) is 30.3 Å². The van der Waals surface area contributed by atoms with E-state index in [0.717, 1.165) is 31.2 Å². The Bertz CT molecular complexity index is 453. The molecule has 0 amide bonds. The number of benzene rings is 1. The molecule has 2 atom stereocenters. The van der Waals surface area contributed by atoms with Crippen LogP contribution in [0.1, 0.15) is 43.7 Å². The molecule has 19 heavy (non-hydrogen) atoms. The lowest BCUT2D eigenvalue weighted by Gasteiger charge is -2.47. The van der Waals surface area contributed by atoms with Gasteiger partial charge in [0, 0.05) is 12.5 Å². The Labute approximate surface area is 114 Å². The fourth-order valence-electron chi connectivity index (χ4n) is 3.27. The van der Waals surface area contributed by atoms with Crippen LogP contribution in [0, 0.1) is 5.92 Å². The van der Waals surface area contributed by atoms with E-state index in [1.165, 1.54) is 6.42 Å². The van der Waals surface area contributed by atoms with Gasteiger partial charge in [-0.05, 0) is 37.7 Å². The van der Waals surface area contributed by atoms with Crippen LogP contribution < -0.4 is 5.73 Å². The molecule has 1 saturated carbocycles. The maximum Gasteiger partial charge on any atom is 0.157 e. The van der Waals surface area contributed by atoms with Crippen LogP contribution in [0.5, 0.6) is 0 Å². The van der Waals surface area contributed by atoms with E-state index in [9.17, 15) is 4.79 Å². The Morgan fingerprint density at radius 1 is 1.32 bits per heavy atom. The fraction of sp³-hybridized carbons (Fsp3) is 0.562. The number of nitrogens with two attached hydrogens (primary N) is 1. The van der Waals surface area contributed by atoms with Crippen LogP contribution in [0.3, 0.4) is 0 Å². The fourth-order valence-corrected chi connectivity index (χ4v) is 3.27. The van der Waals surface area contributed by atoms with Gasteiger partial charge in [0.2, 0.25) is 0 Å². The van der Waals surface area contributed by atoms with Gasteiger partial charge in [-0.1, -0.05) is 30.3 Å². The van der Waals surface area contributed by atoms with Crippen molar-refractivity contribution in [3.63, 3.8) is 0 Å². The highest BCUT2D eigenvalue weighted by molar-refractivity contribution is 5.87. The molecular weight excluding hydrogens is 238 g/mol. The third-order valence-corrected chi connectivity index (χ3v) is 4.63. The van der Waals surface area contributed by atoms with E-state index in [0.29, 0.717) is 6.61 Å². The molecule has 1 spiro atoms. The van der Waals surface area contributed by atoms with Crippen molar-refractivity contribution in [1.82, 2.24) is 0 Å². The minimum Gasteiger partial charge on any atom is -0.375 e. The van der Waals surface area contributed by atoms with Gasteiger partial charge in [-0.25, -0.2) is 0 Å². The minimum absolute atomic E-state index is 0.00891. The predicted octanol–water partition coefficient (Wildman–Crippen LogP) is 2.60. The normalized spacial score (nSPS) is 26.7. The van der Waals surface area contributed by atoms with E-state index in [1.54, 1.807) is 0 Å². The number of ketones is 1.